The van der Waals surface area contributed by atoms with Gasteiger partial charge < -0.3 is 4.74 Å². The minimum Gasteiger partial charge on any atom is -0.376 e. The van der Waals surface area contributed by atoms with Gasteiger partial charge in [0.15, 0.2) is 4.90 Å². The zero-order valence-corrected chi connectivity index (χ0v) is 14.2. The van der Waals surface area contributed by atoms with Crippen molar-refractivity contribution in [3.05, 3.63) is 46.8 Å². The van der Waals surface area contributed by atoms with Crippen LogP contribution < -0.4 is 4.72 Å². The van der Waals surface area contributed by atoms with Crippen LogP contribution in [0.3, 0.4) is 0 Å². The number of rotatable bonds is 6. The van der Waals surface area contributed by atoms with Crippen molar-refractivity contribution in [3.8, 4) is 0 Å². The van der Waals surface area contributed by atoms with Crippen LogP contribution in [0.5, 0.6) is 0 Å². The lowest BCUT2D eigenvalue weighted by atomic mass is 10.1. The van der Waals surface area contributed by atoms with Gasteiger partial charge in [-0.05, 0) is 25.3 Å². The van der Waals surface area contributed by atoms with E-state index in [9.17, 15) is 18.5 Å². The lowest BCUT2D eigenvalue weighted by Crippen LogP contribution is -2.24. The van der Waals surface area contributed by atoms with E-state index in [1.165, 1.54) is 24.4 Å². The predicted molar refractivity (Wildman–Crippen MR) is 89.7 cm³/mol. The van der Waals surface area contributed by atoms with Gasteiger partial charge in [-0.15, -0.1) is 0 Å². The Morgan fingerprint density at radius 3 is 2.88 bits per heavy atom. The molecular formula is C15H18N4O5S. The molecule has 134 valence electrons. The number of nitro benzene ring substituents is 1. The van der Waals surface area contributed by atoms with Crippen molar-refractivity contribution >= 4 is 21.4 Å². The van der Waals surface area contributed by atoms with E-state index < -0.39 is 20.6 Å². The zero-order chi connectivity index (χ0) is 17.9. The normalized spacial score (nSPS) is 18.0. The Bertz CT molecular complexity index is 858. The molecule has 0 amide bonds. The molecule has 0 aliphatic carbocycles. The molecule has 2 aromatic rings. The topological polar surface area (TPSA) is 116 Å². The fourth-order valence-electron chi connectivity index (χ4n) is 2.72. The molecule has 1 aliphatic rings. The van der Waals surface area contributed by atoms with E-state index in [2.05, 4.69) is 9.82 Å². The van der Waals surface area contributed by atoms with Crippen molar-refractivity contribution in [1.82, 2.24) is 9.78 Å². The van der Waals surface area contributed by atoms with Gasteiger partial charge in [0.2, 0.25) is 0 Å². The average molecular weight is 366 g/mol. The smallest absolute Gasteiger partial charge is 0.289 e. The molecule has 2 heterocycles. The summed E-state index contributed by atoms with van der Waals surface area (Å²) in [6.07, 6.45) is 6.07. The number of nitrogens with zero attached hydrogens (tertiary/aromatic N) is 3. The molecule has 1 fully saturated rings. The van der Waals surface area contributed by atoms with Gasteiger partial charge in [-0.1, -0.05) is 12.1 Å². The number of benzene rings is 1. The molecule has 0 spiro atoms. The molecule has 0 saturated carbocycles. The first kappa shape index (κ1) is 17.4. The number of nitrogens with one attached hydrogen (secondary N) is 1. The van der Waals surface area contributed by atoms with E-state index in [0.29, 0.717) is 6.54 Å². The number of sulfonamides is 1. The van der Waals surface area contributed by atoms with Gasteiger partial charge in [-0.2, -0.15) is 5.10 Å². The Kier molecular flexibility index (Phi) is 5.00. The van der Waals surface area contributed by atoms with Crippen LogP contribution in [0.4, 0.5) is 11.4 Å². The number of ether oxygens (including phenoxy) is 1. The summed E-state index contributed by atoms with van der Waals surface area (Å²) in [6, 6.07) is 5.20. The molecule has 25 heavy (non-hydrogen) atoms. The quantitative estimate of drug-likeness (QED) is 0.618. The van der Waals surface area contributed by atoms with Crippen LogP contribution in [-0.4, -0.2) is 35.8 Å². The van der Waals surface area contributed by atoms with Gasteiger partial charge in [0, 0.05) is 18.9 Å². The minimum atomic E-state index is -4.09. The average Bonchev–Trinajstić information content (AvgIpc) is 3.02. The fourth-order valence-corrected chi connectivity index (χ4v) is 3.92. The van der Waals surface area contributed by atoms with Crippen molar-refractivity contribution in [1.29, 1.82) is 0 Å². The molecule has 1 aromatic heterocycles. The third-order valence-corrected chi connectivity index (χ3v) is 5.33. The van der Waals surface area contributed by atoms with Gasteiger partial charge in [0.05, 0.1) is 29.5 Å². The van der Waals surface area contributed by atoms with E-state index in [-0.39, 0.29) is 16.7 Å². The molecule has 0 radical (unpaired) electrons. The summed E-state index contributed by atoms with van der Waals surface area (Å²) in [5, 5.41) is 15.2. The lowest BCUT2D eigenvalue weighted by Gasteiger charge is -2.22. The molecule has 10 heteroatoms. The van der Waals surface area contributed by atoms with Crippen molar-refractivity contribution in [2.75, 3.05) is 11.3 Å². The number of para-hydroxylation sites is 1. The molecule has 9 nitrogen and oxygen atoms in total. The molecule has 1 unspecified atom stereocenters. The maximum Gasteiger partial charge on any atom is 0.289 e. The van der Waals surface area contributed by atoms with Crippen molar-refractivity contribution in [2.24, 2.45) is 0 Å². The summed E-state index contributed by atoms with van der Waals surface area (Å²) in [4.78, 5) is 9.92. The fraction of sp³-hybridized carbons (Fsp3) is 0.400. The highest BCUT2D eigenvalue weighted by molar-refractivity contribution is 7.92. The zero-order valence-electron chi connectivity index (χ0n) is 13.4. The number of hydrogen-bond donors (Lipinski definition) is 1. The van der Waals surface area contributed by atoms with Gasteiger partial charge in [-0.25, -0.2) is 8.42 Å². The number of anilines is 1. The van der Waals surface area contributed by atoms with Crippen molar-refractivity contribution in [3.63, 3.8) is 0 Å². The largest absolute Gasteiger partial charge is 0.376 e. The van der Waals surface area contributed by atoms with Crippen LogP contribution in [0.2, 0.25) is 0 Å². The van der Waals surface area contributed by atoms with Crippen molar-refractivity contribution < 1.29 is 18.1 Å². The van der Waals surface area contributed by atoms with Gasteiger partial charge in [0.25, 0.3) is 15.7 Å². The summed E-state index contributed by atoms with van der Waals surface area (Å²) in [6.45, 7) is 1.26. The summed E-state index contributed by atoms with van der Waals surface area (Å²) in [5.74, 6) is 0. The van der Waals surface area contributed by atoms with Crippen LogP contribution in [0.1, 0.15) is 19.3 Å². The highest BCUT2D eigenvalue weighted by Crippen LogP contribution is 2.25. The Morgan fingerprint density at radius 2 is 2.16 bits per heavy atom. The lowest BCUT2D eigenvalue weighted by molar-refractivity contribution is -0.387. The van der Waals surface area contributed by atoms with Crippen LogP contribution in [0.15, 0.2) is 41.6 Å². The molecule has 1 atom stereocenters. The molecule has 3 rings (SSSR count). The van der Waals surface area contributed by atoms with E-state index in [0.717, 1.165) is 31.9 Å². The summed E-state index contributed by atoms with van der Waals surface area (Å²) < 4.78 is 34.5. The second-order valence-corrected chi connectivity index (χ2v) is 7.42. The monoisotopic (exact) mass is 366 g/mol. The summed E-state index contributed by atoms with van der Waals surface area (Å²) in [5.41, 5.74) is -0.230. The van der Waals surface area contributed by atoms with Crippen LogP contribution >= 0.6 is 0 Å². The van der Waals surface area contributed by atoms with E-state index >= 15 is 0 Å². The third-order valence-electron chi connectivity index (χ3n) is 3.90. The predicted octanol–water partition coefficient (Wildman–Crippen LogP) is 2.16. The highest BCUT2D eigenvalue weighted by Gasteiger charge is 2.25. The van der Waals surface area contributed by atoms with Gasteiger partial charge in [0.1, 0.15) is 0 Å². The Labute approximate surface area is 144 Å². The van der Waals surface area contributed by atoms with E-state index in [1.54, 1.807) is 10.9 Å². The van der Waals surface area contributed by atoms with E-state index in [1.807, 2.05) is 0 Å². The second kappa shape index (κ2) is 7.19. The second-order valence-electron chi connectivity index (χ2n) is 5.77. The number of nitro groups is 1. The molecule has 1 saturated heterocycles. The highest BCUT2D eigenvalue weighted by atomic mass is 32.2. The molecule has 1 aromatic carbocycles. The number of hydrogen-bond acceptors (Lipinski definition) is 6. The first-order valence-electron chi connectivity index (χ1n) is 7.86. The van der Waals surface area contributed by atoms with Crippen LogP contribution in [0.25, 0.3) is 0 Å². The maximum absolute atomic E-state index is 12.4. The standard InChI is InChI=1S/C15H18N4O5S/c20-19(21)14-6-1-2-7-15(14)25(22,23)17-12-9-16-18(10-12)11-13-5-3-4-8-24-13/h1-2,6-7,9-10,13,17H,3-5,8,11H2. The Balaban J connectivity index is 1.74. The summed E-state index contributed by atoms with van der Waals surface area (Å²) >= 11 is 0. The van der Waals surface area contributed by atoms with Gasteiger partial charge >= 0.3 is 0 Å². The first-order chi connectivity index (χ1) is 12.0. The molecule has 1 N–H and O–H groups in total. The van der Waals surface area contributed by atoms with Gasteiger partial charge in [-0.3, -0.25) is 19.5 Å². The SMILES string of the molecule is O=[N+]([O-])c1ccccc1S(=O)(=O)Nc1cnn(CC2CCCCO2)c1. The Hall–Kier alpha value is -2.46. The maximum atomic E-state index is 12.4. The minimum absolute atomic E-state index is 0.0633. The molecule has 1 aliphatic heterocycles. The summed E-state index contributed by atoms with van der Waals surface area (Å²) in [7, 11) is -4.09. The van der Waals surface area contributed by atoms with Crippen molar-refractivity contribution in [2.45, 2.75) is 36.8 Å². The number of aromatic nitrogens is 2. The van der Waals surface area contributed by atoms with E-state index in [4.69, 9.17) is 4.74 Å². The molecule has 0 bridgehead atoms. The first-order valence-corrected chi connectivity index (χ1v) is 9.34. The van der Waals surface area contributed by atoms with Crippen LogP contribution in [-0.2, 0) is 21.3 Å². The third kappa shape index (κ3) is 4.15. The Morgan fingerprint density at radius 1 is 1.36 bits per heavy atom. The van der Waals surface area contributed by atoms with Crippen LogP contribution in [0, 0.1) is 10.1 Å². The molecular weight excluding hydrogens is 348 g/mol.